The van der Waals surface area contributed by atoms with Crippen LogP contribution in [-0.4, -0.2) is 76.5 Å². The maximum absolute atomic E-state index is 13.0. The number of halogens is 3. The molecule has 3 aromatic carbocycles. The molecule has 12 heteroatoms. The lowest BCUT2D eigenvalue weighted by atomic mass is 10.1. The largest absolute Gasteiger partial charge is 0.416 e. The van der Waals surface area contributed by atoms with Crippen LogP contribution in [0.25, 0.3) is 0 Å². The normalized spacial score (nSPS) is 16.1. The highest BCUT2D eigenvalue weighted by atomic mass is 32.2. The number of hydrogen-bond donors (Lipinski definition) is 2. The maximum atomic E-state index is 13.0. The van der Waals surface area contributed by atoms with Gasteiger partial charge in [0.25, 0.3) is 0 Å². The van der Waals surface area contributed by atoms with Gasteiger partial charge in [0, 0.05) is 38.8 Å². The van der Waals surface area contributed by atoms with Gasteiger partial charge in [-0.2, -0.15) is 18.4 Å². The first-order valence-corrected chi connectivity index (χ1v) is 15.0. The second-order valence-electron chi connectivity index (χ2n) is 10.1. The fourth-order valence-electron chi connectivity index (χ4n) is 4.86. The first kappa shape index (κ1) is 31.5. The molecule has 2 N–H and O–H groups in total. The highest BCUT2D eigenvalue weighted by Gasteiger charge is 2.31. The minimum Gasteiger partial charge on any atom is -0.389 e. The third-order valence-corrected chi connectivity index (χ3v) is 8.51. The summed E-state index contributed by atoms with van der Waals surface area (Å²) in [7, 11) is -4.14. The number of piperazine rings is 1. The Morgan fingerprint density at radius 2 is 1.57 bits per heavy atom. The molecule has 4 rings (SSSR count). The van der Waals surface area contributed by atoms with E-state index >= 15 is 0 Å². The monoisotopic (exact) mass is 602 g/mol. The van der Waals surface area contributed by atoms with Gasteiger partial charge in [-0.15, -0.1) is 0 Å². The summed E-state index contributed by atoms with van der Waals surface area (Å²) in [6.45, 7) is 3.10. The molecule has 0 aliphatic carbocycles. The Labute approximate surface area is 244 Å². The zero-order chi connectivity index (χ0) is 30.2. The molecule has 1 saturated heterocycles. The van der Waals surface area contributed by atoms with E-state index in [-0.39, 0.29) is 24.5 Å². The quantitative estimate of drug-likeness (QED) is 0.326. The minimum atomic E-state index is -4.57. The van der Waals surface area contributed by atoms with Crippen molar-refractivity contribution in [3.05, 3.63) is 95.6 Å². The third-order valence-electron chi connectivity index (χ3n) is 6.97. The standard InChI is InChI=1S/C30H33F3N4O4S/c31-30(32,33)25-10-12-28(13-11-25)42(39,40)35-26(18-23-6-2-1-3-7-23)21-41-22-27(38)20-36-14-16-37(17-15-36)29-9-5-4-8-24(29)19-34/h1-13,26-27,35,38H,14-18,20-22H2/t26-,27+/m1/s1. The van der Waals surface area contributed by atoms with Crippen molar-refractivity contribution >= 4 is 15.7 Å². The van der Waals surface area contributed by atoms with Crippen molar-refractivity contribution in [2.45, 2.75) is 29.6 Å². The van der Waals surface area contributed by atoms with Crippen LogP contribution in [0.5, 0.6) is 0 Å². The van der Waals surface area contributed by atoms with Gasteiger partial charge in [0.1, 0.15) is 6.07 Å². The van der Waals surface area contributed by atoms with Crippen LogP contribution >= 0.6 is 0 Å². The van der Waals surface area contributed by atoms with Crippen LogP contribution in [0.3, 0.4) is 0 Å². The van der Waals surface area contributed by atoms with E-state index in [1.54, 1.807) is 6.07 Å². The average Bonchev–Trinajstić information content (AvgIpc) is 2.97. The lowest BCUT2D eigenvalue weighted by Crippen LogP contribution is -2.49. The van der Waals surface area contributed by atoms with Crippen LogP contribution in [0.4, 0.5) is 18.9 Å². The Bertz CT molecular complexity index is 1440. The zero-order valence-corrected chi connectivity index (χ0v) is 23.7. The molecule has 1 heterocycles. The number of para-hydroxylation sites is 1. The first-order chi connectivity index (χ1) is 20.0. The molecular formula is C30H33F3N4O4S. The Morgan fingerprint density at radius 1 is 0.929 bits per heavy atom. The molecule has 0 aromatic heterocycles. The number of aliphatic hydroxyl groups is 1. The van der Waals surface area contributed by atoms with Gasteiger partial charge in [-0.3, -0.25) is 4.90 Å². The van der Waals surface area contributed by atoms with E-state index in [9.17, 15) is 32.0 Å². The predicted molar refractivity (Wildman–Crippen MR) is 152 cm³/mol. The number of rotatable bonds is 12. The van der Waals surface area contributed by atoms with Crippen molar-refractivity contribution in [3.63, 3.8) is 0 Å². The van der Waals surface area contributed by atoms with Crippen LogP contribution in [-0.2, 0) is 27.4 Å². The Hall–Kier alpha value is -3.47. The van der Waals surface area contributed by atoms with Crippen molar-refractivity contribution in [2.24, 2.45) is 0 Å². The van der Waals surface area contributed by atoms with Gasteiger partial charge < -0.3 is 14.7 Å². The molecule has 0 bridgehead atoms. The van der Waals surface area contributed by atoms with Crippen molar-refractivity contribution < 1.29 is 31.4 Å². The maximum Gasteiger partial charge on any atom is 0.416 e. The summed E-state index contributed by atoms with van der Waals surface area (Å²) >= 11 is 0. The number of sulfonamides is 1. The lowest BCUT2D eigenvalue weighted by molar-refractivity contribution is -0.137. The summed E-state index contributed by atoms with van der Waals surface area (Å²) in [6.07, 6.45) is -5.11. The van der Waals surface area contributed by atoms with Crippen LogP contribution in [0.2, 0.25) is 0 Å². The number of nitrogens with one attached hydrogen (secondary N) is 1. The topological polar surface area (TPSA) is 106 Å². The smallest absolute Gasteiger partial charge is 0.389 e. The molecule has 0 radical (unpaired) electrons. The SMILES string of the molecule is N#Cc1ccccc1N1CCN(C[C@H](O)COC[C@@H](Cc2ccccc2)NS(=O)(=O)c2ccc(C(F)(F)F)cc2)CC1. The molecule has 0 spiro atoms. The Balaban J connectivity index is 1.30. The van der Waals surface area contributed by atoms with Crippen LogP contribution in [0, 0.1) is 11.3 Å². The van der Waals surface area contributed by atoms with Gasteiger partial charge >= 0.3 is 6.18 Å². The molecule has 1 aliphatic heterocycles. The van der Waals surface area contributed by atoms with Crippen LogP contribution in [0.1, 0.15) is 16.7 Å². The molecule has 2 atom stereocenters. The van der Waals surface area contributed by atoms with Gasteiger partial charge in [-0.1, -0.05) is 42.5 Å². The Kier molecular flexibility index (Phi) is 10.6. The van der Waals surface area contributed by atoms with E-state index in [0.717, 1.165) is 35.5 Å². The number of nitrogens with zero attached hydrogens (tertiary/aromatic N) is 3. The van der Waals surface area contributed by atoms with Crippen LogP contribution in [0.15, 0.2) is 83.8 Å². The molecule has 1 fully saturated rings. The molecule has 0 amide bonds. The number of benzene rings is 3. The molecule has 42 heavy (non-hydrogen) atoms. The zero-order valence-electron chi connectivity index (χ0n) is 22.9. The van der Waals surface area contributed by atoms with E-state index in [2.05, 4.69) is 20.6 Å². The average molecular weight is 603 g/mol. The fourth-order valence-corrected chi connectivity index (χ4v) is 6.08. The summed E-state index contributed by atoms with van der Waals surface area (Å²) in [5.74, 6) is 0. The summed E-state index contributed by atoms with van der Waals surface area (Å²) in [5, 5.41) is 20.0. The molecular weight excluding hydrogens is 569 g/mol. The van der Waals surface area contributed by atoms with Gasteiger partial charge in [0.2, 0.25) is 10.0 Å². The number of anilines is 1. The van der Waals surface area contributed by atoms with Gasteiger partial charge in [0.15, 0.2) is 0 Å². The van der Waals surface area contributed by atoms with E-state index in [1.807, 2.05) is 48.5 Å². The summed E-state index contributed by atoms with van der Waals surface area (Å²) in [5.41, 5.74) is 1.43. The summed E-state index contributed by atoms with van der Waals surface area (Å²) in [6, 6.07) is 21.4. The van der Waals surface area contributed by atoms with Crippen molar-refractivity contribution in [1.82, 2.24) is 9.62 Å². The third kappa shape index (κ3) is 8.77. The lowest BCUT2D eigenvalue weighted by Gasteiger charge is -2.37. The molecule has 8 nitrogen and oxygen atoms in total. The highest BCUT2D eigenvalue weighted by molar-refractivity contribution is 7.89. The molecule has 224 valence electrons. The number of alkyl halides is 3. The summed E-state index contributed by atoms with van der Waals surface area (Å²) < 4.78 is 73.0. The van der Waals surface area contributed by atoms with Crippen molar-refractivity contribution in [3.8, 4) is 6.07 Å². The van der Waals surface area contributed by atoms with Gasteiger partial charge in [-0.05, 0) is 48.4 Å². The van der Waals surface area contributed by atoms with Crippen molar-refractivity contribution in [1.29, 1.82) is 5.26 Å². The minimum absolute atomic E-state index is 0.0230. The van der Waals surface area contributed by atoms with E-state index < -0.39 is 33.9 Å². The molecule has 1 aliphatic rings. The molecule has 0 unspecified atom stereocenters. The first-order valence-electron chi connectivity index (χ1n) is 13.5. The highest BCUT2D eigenvalue weighted by Crippen LogP contribution is 2.29. The fraction of sp³-hybridized carbons (Fsp3) is 0.367. The number of aliphatic hydroxyl groups excluding tert-OH is 1. The predicted octanol–water partition coefficient (Wildman–Crippen LogP) is 3.67. The van der Waals surface area contributed by atoms with E-state index in [1.165, 1.54) is 0 Å². The van der Waals surface area contributed by atoms with E-state index in [0.29, 0.717) is 38.3 Å². The number of β-amino-alcohol motifs (C(OH)–C–C–N with tert-alkyl or cyclic N) is 1. The van der Waals surface area contributed by atoms with Crippen molar-refractivity contribution in [2.75, 3.05) is 50.8 Å². The van der Waals surface area contributed by atoms with Crippen LogP contribution < -0.4 is 9.62 Å². The number of nitriles is 1. The van der Waals surface area contributed by atoms with Gasteiger partial charge in [0.05, 0.1) is 41.0 Å². The van der Waals surface area contributed by atoms with Gasteiger partial charge in [-0.25, -0.2) is 13.1 Å². The second kappa shape index (κ2) is 14.1. The molecule has 3 aromatic rings. The number of hydrogen-bond acceptors (Lipinski definition) is 7. The second-order valence-corrected chi connectivity index (χ2v) is 11.9. The number of ether oxygens (including phenoxy) is 1. The van der Waals surface area contributed by atoms with E-state index in [4.69, 9.17) is 4.74 Å². The molecule has 0 saturated carbocycles. The summed E-state index contributed by atoms with van der Waals surface area (Å²) in [4.78, 5) is 3.97. The Morgan fingerprint density at radius 3 is 2.21 bits per heavy atom.